The number of cyclic esters (lactones) is 1. The molecule has 0 saturated carbocycles. The molecule has 2 heterocycles. The predicted molar refractivity (Wildman–Crippen MR) is 75.0 cm³/mol. The van der Waals surface area contributed by atoms with Crippen molar-refractivity contribution in [3.63, 3.8) is 0 Å². The van der Waals surface area contributed by atoms with E-state index in [-0.39, 0.29) is 5.96 Å². The summed E-state index contributed by atoms with van der Waals surface area (Å²) in [6.45, 7) is -0.398. The number of carboxylic acids is 1. The van der Waals surface area contributed by atoms with Crippen molar-refractivity contribution in [2.75, 3.05) is 6.54 Å². The van der Waals surface area contributed by atoms with Crippen molar-refractivity contribution in [1.29, 1.82) is 0 Å². The first kappa shape index (κ1) is 18.4. The molecule has 2 aliphatic rings. The summed E-state index contributed by atoms with van der Waals surface area (Å²) >= 11 is 0. The number of esters is 3. The van der Waals surface area contributed by atoms with Gasteiger partial charge >= 0.3 is 35.4 Å². The molecule has 3 unspecified atom stereocenters. The molecule has 13 heteroatoms. The minimum absolute atomic E-state index is 0.389. The summed E-state index contributed by atoms with van der Waals surface area (Å²) < 4.78 is 14.5. The lowest BCUT2D eigenvalue weighted by Crippen LogP contribution is -2.72. The second-order valence-electron chi connectivity index (χ2n) is 5.57. The molecule has 0 spiro atoms. The zero-order valence-corrected chi connectivity index (χ0v) is 12.8. The number of nitrogens with two attached hydrogens (primary N) is 3. The Kier molecular flexibility index (Phi) is 4.31. The fourth-order valence-corrected chi connectivity index (χ4v) is 2.44. The Labute approximate surface area is 139 Å². The van der Waals surface area contributed by atoms with Crippen molar-refractivity contribution in [3.8, 4) is 0 Å². The van der Waals surface area contributed by atoms with Gasteiger partial charge in [0.1, 0.15) is 0 Å². The minimum Gasteiger partial charge on any atom is -0.477 e. The highest BCUT2D eigenvalue weighted by Crippen LogP contribution is 2.40. The molecular formula is C12H16N4O9. The second kappa shape index (κ2) is 5.86. The average Bonchev–Trinajstić information content (AvgIpc) is 2.51. The van der Waals surface area contributed by atoms with Gasteiger partial charge in [0.05, 0.1) is 25.8 Å². The number of carboxylic acid groups (broad SMARTS) is 1. The van der Waals surface area contributed by atoms with Crippen LogP contribution >= 0.6 is 0 Å². The second-order valence-corrected chi connectivity index (χ2v) is 5.57. The number of carbonyl (C=O) groups is 4. The SMILES string of the molecule is NC(N)=NCCC12OC(=O)CC(O)(CC(=O)OC1(N)C(=O)O)C(=O)O2. The minimum atomic E-state index is -3.08. The summed E-state index contributed by atoms with van der Waals surface area (Å²) in [4.78, 5) is 51.4. The van der Waals surface area contributed by atoms with Gasteiger partial charge < -0.3 is 35.9 Å². The lowest BCUT2D eigenvalue weighted by Gasteiger charge is -2.42. The Hall–Kier alpha value is -2.93. The van der Waals surface area contributed by atoms with Crippen LogP contribution in [0.5, 0.6) is 0 Å². The van der Waals surface area contributed by atoms with Gasteiger partial charge in [-0.2, -0.15) is 0 Å². The molecule has 2 aliphatic heterocycles. The van der Waals surface area contributed by atoms with E-state index in [2.05, 4.69) is 4.99 Å². The Morgan fingerprint density at radius 3 is 2.20 bits per heavy atom. The van der Waals surface area contributed by atoms with Crippen LogP contribution in [-0.2, 0) is 33.4 Å². The highest BCUT2D eigenvalue weighted by atomic mass is 16.8. The molecule has 0 amide bonds. The zero-order chi connectivity index (χ0) is 19.0. The van der Waals surface area contributed by atoms with E-state index in [1.54, 1.807) is 0 Å². The lowest BCUT2D eigenvalue weighted by molar-refractivity contribution is -0.298. The molecule has 0 aromatic heterocycles. The van der Waals surface area contributed by atoms with Crippen molar-refractivity contribution in [2.45, 2.75) is 36.4 Å². The Bertz CT molecular complexity index is 675. The first-order valence-corrected chi connectivity index (χ1v) is 6.91. The number of hydrogen-bond donors (Lipinski definition) is 5. The normalized spacial score (nSPS) is 34.7. The number of rotatable bonds is 4. The smallest absolute Gasteiger partial charge is 0.372 e. The Balaban J connectivity index is 2.61. The van der Waals surface area contributed by atoms with Crippen molar-refractivity contribution in [1.82, 2.24) is 0 Å². The van der Waals surface area contributed by atoms with Gasteiger partial charge in [-0.1, -0.05) is 0 Å². The van der Waals surface area contributed by atoms with E-state index in [0.717, 1.165) is 0 Å². The van der Waals surface area contributed by atoms with Gasteiger partial charge in [-0.15, -0.1) is 0 Å². The highest BCUT2D eigenvalue weighted by Gasteiger charge is 2.69. The van der Waals surface area contributed by atoms with E-state index in [0.29, 0.717) is 0 Å². The summed E-state index contributed by atoms with van der Waals surface area (Å²) in [6, 6.07) is 0. The third-order valence-electron chi connectivity index (χ3n) is 3.68. The summed E-state index contributed by atoms with van der Waals surface area (Å²) in [5.41, 5.74) is 10.3. The van der Waals surface area contributed by atoms with E-state index >= 15 is 0 Å². The third kappa shape index (κ3) is 3.06. The van der Waals surface area contributed by atoms with Gasteiger partial charge in [-0.3, -0.25) is 20.3 Å². The third-order valence-corrected chi connectivity index (χ3v) is 3.68. The molecule has 25 heavy (non-hydrogen) atoms. The van der Waals surface area contributed by atoms with Gasteiger partial charge in [0.15, 0.2) is 11.6 Å². The largest absolute Gasteiger partial charge is 0.477 e. The molecule has 2 bridgehead atoms. The number of aliphatic imine (C=N–C) groups is 1. The maximum atomic E-state index is 12.2. The van der Waals surface area contributed by atoms with Crippen molar-refractivity contribution >= 4 is 29.8 Å². The van der Waals surface area contributed by atoms with E-state index in [1.165, 1.54) is 0 Å². The number of fused-ring (bicyclic) bond motifs is 3. The number of aliphatic carboxylic acids is 1. The Morgan fingerprint density at radius 1 is 1.12 bits per heavy atom. The van der Waals surface area contributed by atoms with E-state index in [4.69, 9.17) is 31.4 Å². The molecule has 3 atom stereocenters. The standard InChI is InChI=1S/C12H16N4O9/c13-9(14)16-2-1-11-12(15,7(19)20)24-6(18)4-10(22,8(21)25-11)3-5(17)23-11/h22H,1-4,15H2,(H,19,20)(H4,13,14,16). The molecule has 8 N–H and O–H groups in total. The Morgan fingerprint density at radius 2 is 1.68 bits per heavy atom. The van der Waals surface area contributed by atoms with Crippen LogP contribution in [0, 0.1) is 0 Å². The van der Waals surface area contributed by atoms with Gasteiger partial charge in [-0.25, -0.2) is 9.59 Å². The van der Waals surface area contributed by atoms with Gasteiger partial charge in [0.25, 0.3) is 0 Å². The van der Waals surface area contributed by atoms with Crippen LogP contribution in [-0.4, -0.2) is 63.7 Å². The maximum absolute atomic E-state index is 12.2. The topological polar surface area (TPSA) is 227 Å². The average molecular weight is 360 g/mol. The van der Waals surface area contributed by atoms with Crippen molar-refractivity contribution in [3.05, 3.63) is 0 Å². The number of nitrogens with zero attached hydrogens (tertiary/aromatic N) is 1. The molecular weight excluding hydrogens is 344 g/mol. The van der Waals surface area contributed by atoms with E-state index in [1.807, 2.05) is 0 Å². The fraction of sp³-hybridized carbons (Fsp3) is 0.583. The molecule has 0 aromatic rings. The number of aliphatic hydroxyl groups is 1. The summed E-state index contributed by atoms with van der Waals surface area (Å²) in [5, 5.41) is 19.6. The number of ether oxygens (including phenoxy) is 3. The summed E-state index contributed by atoms with van der Waals surface area (Å²) in [7, 11) is 0. The molecule has 2 rings (SSSR count). The maximum Gasteiger partial charge on any atom is 0.372 e. The van der Waals surface area contributed by atoms with Crippen LogP contribution in [0.3, 0.4) is 0 Å². The van der Waals surface area contributed by atoms with E-state index < -0.39 is 66.8 Å². The molecule has 2 saturated heterocycles. The van der Waals surface area contributed by atoms with E-state index in [9.17, 15) is 29.4 Å². The fourth-order valence-electron chi connectivity index (χ4n) is 2.44. The molecule has 0 radical (unpaired) electrons. The molecule has 138 valence electrons. The van der Waals surface area contributed by atoms with Gasteiger partial charge in [0.2, 0.25) is 0 Å². The van der Waals surface area contributed by atoms with Gasteiger partial charge in [-0.05, 0) is 0 Å². The van der Waals surface area contributed by atoms with Crippen LogP contribution < -0.4 is 17.2 Å². The van der Waals surface area contributed by atoms with Crippen LogP contribution in [0.25, 0.3) is 0 Å². The number of hydrogen-bond acceptors (Lipinski definition) is 10. The summed E-state index contributed by atoms with van der Waals surface area (Å²) in [5.74, 6) is -9.16. The summed E-state index contributed by atoms with van der Waals surface area (Å²) in [6.07, 6.45) is -2.66. The van der Waals surface area contributed by atoms with Gasteiger partial charge in [0, 0.05) is 0 Å². The monoisotopic (exact) mass is 360 g/mol. The predicted octanol–water partition coefficient (Wildman–Crippen LogP) is -3.75. The highest BCUT2D eigenvalue weighted by molar-refractivity contribution is 5.94. The molecule has 2 fully saturated rings. The number of carbonyl (C=O) groups excluding carboxylic acids is 3. The molecule has 0 aliphatic carbocycles. The van der Waals surface area contributed by atoms with Crippen LogP contribution in [0.1, 0.15) is 19.3 Å². The van der Waals surface area contributed by atoms with Crippen molar-refractivity contribution < 1.29 is 43.6 Å². The van der Waals surface area contributed by atoms with Crippen LogP contribution in [0.2, 0.25) is 0 Å². The lowest BCUT2D eigenvalue weighted by atomic mass is 9.94. The first-order valence-electron chi connectivity index (χ1n) is 6.91. The van der Waals surface area contributed by atoms with Crippen LogP contribution in [0.15, 0.2) is 4.99 Å². The first-order chi connectivity index (χ1) is 11.4. The quantitative estimate of drug-likeness (QED) is 0.185. The molecule has 0 aromatic carbocycles. The molecule has 13 nitrogen and oxygen atoms in total. The zero-order valence-electron chi connectivity index (χ0n) is 12.8. The van der Waals surface area contributed by atoms with Crippen LogP contribution in [0.4, 0.5) is 0 Å². The van der Waals surface area contributed by atoms with Crippen molar-refractivity contribution in [2.24, 2.45) is 22.2 Å². The number of guanidine groups is 1.